The van der Waals surface area contributed by atoms with Gasteiger partial charge in [-0.15, -0.1) is 0 Å². The molecule has 1 aromatic heterocycles. The third-order valence-corrected chi connectivity index (χ3v) is 1.33. The van der Waals surface area contributed by atoms with Crippen LogP contribution in [0, 0.1) is 0 Å². The van der Waals surface area contributed by atoms with E-state index < -0.39 is 5.97 Å². The van der Waals surface area contributed by atoms with Crippen LogP contribution in [0.2, 0.25) is 0 Å². The van der Waals surface area contributed by atoms with E-state index in [0.29, 0.717) is 0 Å². The van der Waals surface area contributed by atoms with Gasteiger partial charge in [0.1, 0.15) is 0 Å². The Morgan fingerprint density at radius 2 is 2.07 bits per heavy atom. The number of carbonyl (C=O) groups is 1. The number of hydrogen-bond acceptors (Lipinski definition) is 6. The van der Waals surface area contributed by atoms with E-state index in [2.05, 4.69) is 14.7 Å². The Morgan fingerprint density at radius 3 is 2.50 bits per heavy atom. The Balaban J connectivity index is 0.00000169. The molecule has 1 aromatic rings. The Morgan fingerprint density at radius 1 is 1.43 bits per heavy atom. The van der Waals surface area contributed by atoms with Crippen LogP contribution in [0.4, 0.5) is 0 Å². The molecule has 1 heterocycles. The maximum Gasteiger partial charge on any atom is 1.00 e. The van der Waals surface area contributed by atoms with Gasteiger partial charge in [0.2, 0.25) is 5.88 Å². The molecule has 0 unspecified atom stereocenters. The quantitative estimate of drug-likeness (QED) is 0.450. The van der Waals surface area contributed by atoms with Crippen molar-refractivity contribution >= 4 is 5.97 Å². The van der Waals surface area contributed by atoms with E-state index in [4.69, 9.17) is 4.74 Å². The summed E-state index contributed by atoms with van der Waals surface area (Å²) < 4.78 is 9.37. The van der Waals surface area contributed by atoms with Crippen molar-refractivity contribution in [1.82, 2.24) is 9.97 Å². The monoisotopic (exact) mass is 190 g/mol. The number of rotatable bonds is 3. The molecule has 7 heteroatoms. The zero-order valence-electron chi connectivity index (χ0n) is 8.10. The standard InChI is InChI=1S/C7H8N2O4.Li/c1-12-5-4(6(10)11)3-8-7(9-5)13-2;/h3H,1-2H3,(H,10,11);/q;+1/p-1. The zero-order valence-corrected chi connectivity index (χ0v) is 8.10. The average Bonchev–Trinajstić information content (AvgIpc) is 2.16. The minimum atomic E-state index is -1.39. The van der Waals surface area contributed by atoms with Crippen LogP contribution < -0.4 is 33.4 Å². The molecule has 0 amide bonds. The molecule has 0 aliphatic heterocycles. The molecule has 0 N–H and O–H groups in total. The van der Waals surface area contributed by atoms with Crippen LogP contribution in [-0.2, 0) is 0 Å². The molecule has 1 rings (SSSR count). The fourth-order valence-corrected chi connectivity index (χ4v) is 0.745. The van der Waals surface area contributed by atoms with E-state index in [0.717, 1.165) is 6.20 Å². The van der Waals surface area contributed by atoms with Crippen molar-refractivity contribution in [1.29, 1.82) is 0 Å². The van der Waals surface area contributed by atoms with Gasteiger partial charge in [0.05, 0.1) is 25.8 Å². The van der Waals surface area contributed by atoms with Gasteiger partial charge in [0, 0.05) is 6.20 Å². The number of ether oxygens (including phenoxy) is 2. The second-order valence-electron chi connectivity index (χ2n) is 2.07. The number of hydrogen-bond donors (Lipinski definition) is 0. The minimum Gasteiger partial charge on any atom is -0.545 e. The molecule has 14 heavy (non-hydrogen) atoms. The van der Waals surface area contributed by atoms with Crippen LogP contribution >= 0.6 is 0 Å². The first-order valence-corrected chi connectivity index (χ1v) is 3.35. The summed E-state index contributed by atoms with van der Waals surface area (Å²) in [6.07, 6.45) is 1.07. The molecule has 0 aliphatic carbocycles. The van der Waals surface area contributed by atoms with E-state index in [9.17, 15) is 9.90 Å². The SMILES string of the molecule is COc1ncc(C(=O)[O-])c(OC)n1.[Li+]. The second kappa shape index (κ2) is 5.47. The van der Waals surface area contributed by atoms with Gasteiger partial charge in [0.25, 0.3) is 0 Å². The van der Waals surface area contributed by atoms with Crippen molar-refractivity contribution in [2.45, 2.75) is 0 Å². The van der Waals surface area contributed by atoms with E-state index in [1.807, 2.05) is 0 Å². The number of carbonyl (C=O) groups excluding carboxylic acids is 1. The van der Waals surface area contributed by atoms with Crippen LogP contribution in [0.5, 0.6) is 11.9 Å². The van der Waals surface area contributed by atoms with Crippen molar-refractivity contribution in [3.05, 3.63) is 11.8 Å². The van der Waals surface area contributed by atoms with Crippen molar-refractivity contribution in [3.63, 3.8) is 0 Å². The predicted octanol–water partition coefficient (Wildman–Crippen LogP) is -4.14. The molecule has 0 spiro atoms. The Labute approximate surface area is 92.4 Å². The Hall–Kier alpha value is -1.25. The Bertz CT molecular complexity index is 331. The summed E-state index contributed by atoms with van der Waals surface area (Å²) in [6, 6.07) is 0.0434. The summed E-state index contributed by atoms with van der Waals surface area (Å²) in [5.41, 5.74) is -0.205. The molecular weight excluding hydrogens is 183 g/mol. The van der Waals surface area contributed by atoms with Gasteiger partial charge in [-0.3, -0.25) is 0 Å². The third-order valence-electron chi connectivity index (χ3n) is 1.33. The third kappa shape index (κ3) is 2.62. The van der Waals surface area contributed by atoms with Gasteiger partial charge in [-0.2, -0.15) is 4.98 Å². The van der Waals surface area contributed by atoms with Crippen LogP contribution in [-0.4, -0.2) is 30.2 Å². The summed E-state index contributed by atoms with van der Waals surface area (Å²) in [6.45, 7) is 0. The largest absolute Gasteiger partial charge is 1.00 e. The number of nitrogens with zero attached hydrogens (tertiary/aromatic N) is 2. The number of carboxylic acids is 1. The Kier molecular flexibility index (Phi) is 4.98. The summed E-state index contributed by atoms with van der Waals surface area (Å²) in [4.78, 5) is 17.7. The van der Waals surface area contributed by atoms with E-state index in [-0.39, 0.29) is 36.3 Å². The molecule has 0 aromatic carbocycles. The van der Waals surface area contributed by atoms with Crippen LogP contribution in [0.3, 0.4) is 0 Å². The first-order valence-electron chi connectivity index (χ1n) is 3.35. The summed E-state index contributed by atoms with van der Waals surface area (Å²) in [5, 5.41) is 10.5. The number of aromatic carboxylic acids is 1. The van der Waals surface area contributed by atoms with Crippen molar-refractivity contribution in [2.75, 3.05) is 14.2 Å². The molecule has 0 saturated carbocycles. The molecule has 0 aliphatic rings. The predicted molar refractivity (Wildman–Crippen MR) is 39.5 cm³/mol. The number of aromatic nitrogens is 2. The van der Waals surface area contributed by atoms with Crippen LogP contribution in [0.15, 0.2) is 6.20 Å². The van der Waals surface area contributed by atoms with Gasteiger partial charge < -0.3 is 19.4 Å². The first-order chi connectivity index (χ1) is 6.19. The summed E-state index contributed by atoms with van der Waals surface area (Å²) in [7, 11) is 2.67. The van der Waals surface area contributed by atoms with E-state index in [1.54, 1.807) is 0 Å². The smallest absolute Gasteiger partial charge is 0.545 e. The molecule has 0 bridgehead atoms. The van der Waals surface area contributed by atoms with Crippen LogP contribution in [0.25, 0.3) is 0 Å². The van der Waals surface area contributed by atoms with Crippen molar-refractivity contribution in [3.8, 4) is 11.9 Å². The molecule has 0 fully saturated rings. The fraction of sp³-hybridized carbons (Fsp3) is 0.286. The molecule has 6 nitrogen and oxygen atoms in total. The maximum absolute atomic E-state index is 10.5. The average molecular weight is 190 g/mol. The van der Waals surface area contributed by atoms with Crippen LogP contribution in [0.1, 0.15) is 10.4 Å². The van der Waals surface area contributed by atoms with Crippen molar-refractivity contribution < 1.29 is 38.2 Å². The fourth-order valence-electron chi connectivity index (χ4n) is 0.745. The summed E-state index contributed by atoms with van der Waals surface area (Å²) in [5.74, 6) is -1.47. The van der Waals surface area contributed by atoms with Gasteiger partial charge in [-0.05, 0) is 0 Å². The second-order valence-corrected chi connectivity index (χ2v) is 2.07. The van der Waals surface area contributed by atoms with E-state index in [1.165, 1.54) is 14.2 Å². The molecule has 70 valence electrons. The first kappa shape index (κ1) is 12.7. The molecular formula is C7H7LiN2O4. The van der Waals surface area contributed by atoms with Gasteiger partial charge in [0.15, 0.2) is 0 Å². The zero-order chi connectivity index (χ0) is 9.84. The van der Waals surface area contributed by atoms with Gasteiger partial charge in [-0.1, -0.05) is 0 Å². The minimum absolute atomic E-state index is 0. The summed E-state index contributed by atoms with van der Waals surface area (Å²) >= 11 is 0. The van der Waals surface area contributed by atoms with Gasteiger partial charge in [-0.25, -0.2) is 4.98 Å². The molecule has 0 saturated heterocycles. The number of methoxy groups -OCH3 is 2. The number of carboxylic acid groups (broad SMARTS) is 1. The topological polar surface area (TPSA) is 84.4 Å². The maximum atomic E-state index is 10.5. The normalized spacial score (nSPS) is 8.71. The molecule has 0 atom stereocenters. The molecule has 0 radical (unpaired) electrons. The van der Waals surface area contributed by atoms with Gasteiger partial charge >= 0.3 is 24.9 Å². The van der Waals surface area contributed by atoms with E-state index >= 15 is 0 Å². The van der Waals surface area contributed by atoms with Crippen molar-refractivity contribution in [2.24, 2.45) is 0 Å².